The molecule has 4 rings (SSSR count). The van der Waals surface area contributed by atoms with Gasteiger partial charge in [0.15, 0.2) is 16.3 Å². The molecule has 2 aromatic carbocycles. The Balaban J connectivity index is 1.95. The fourth-order valence-electron chi connectivity index (χ4n) is 4.06. The van der Waals surface area contributed by atoms with Gasteiger partial charge < -0.3 is 14.2 Å². The van der Waals surface area contributed by atoms with Gasteiger partial charge in [-0.25, -0.2) is 9.79 Å². The minimum Gasteiger partial charge on any atom is -0.490 e. The Hall–Kier alpha value is -3.69. The first-order valence-corrected chi connectivity index (χ1v) is 12.8. The van der Waals surface area contributed by atoms with Crippen molar-refractivity contribution in [3.63, 3.8) is 0 Å². The number of carbonyl (C=O) groups excluding carboxylic acids is 2. The van der Waals surface area contributed by atoms with E-state index < -0.39 is 18.0 Å². The number of carbonyl (C=O) groups is 2. The summed E-state index contributed by atoms with van der Waals surface area (Å²) in [7, 11) is 0. The molecule has 0 fully saturated rings. The van der Waals surface area contributed by atoms with E-state index in [9.17, 15) is 14.4 Å². The lowest BCUT2D eigenvalue weighted by atomic mass is 9.95. The third-order valence-electron chi connectivity index (χ3n) is 5.50. The zero-order valence-electron chi connectivity index (χ0n) is 20.7. The normalized spacial score (nSPS) is 15.2. The number of thiazole rings is 1. The Morgan fingerprint density at radius 1 is 1.14 bits per heavy atom. The van der Waals surface area contributed by atoms with Crippen LogP contribution in [0.3, 0.4) is 0 Å². The molecule has 1 atom stereocenters. The monoisotopic (exact) mass is 540 g/mol. The molecule has 1 aromatic heterocycles. The van der Waals surface area contributed by atoms with E-state index in [1.165, 1.54) is 22.8 Å². The summed E-state index contributed by atoms with van der Waals surface area (Å²) in [6.45, 7) is 7.01. The second-order valence-corrected chi connectivity index (χ2v) is 9.54. The summed E-state index contributed by atoms with van der Waals surface area (Å²) in [5.41, 5.74) is 1.71. The quantitative estimate of drug-likeness (QED) is 0.334. The molecule has 37 heavy (non-hydrogen) atoms. The van der Waals surface area contributed by atoms with E-state index in [1.807, 2.05) is 6.07 Å². The maximum absolute atomic E-state index is 13.7. The van der Waals surface area contributed by atoms with Gasteiger partial charge in [0.1, 0.15) is 0 Å². The van der Waals surface area contributed by atoms with E-state index in [2.05, 4.69) is 4.99 Å². The van der Waals surface area contributed by atoms with Crippen molar-refractivity contribution in [2.75, 3.05) is 13.2 Å². The molecule has 0 radical (unpaired) electrons. The minimum absolute atomic E-state index is 0.164. The van der Waals surface area contributed by atoms with E-state index in [1.54, 1.807) is 63.2 Å². The second-order valence-electron chi connectivity index (χ2n) is 8.09. The first-order valence-electron chi connectivity index (χ1n) is 11.6. The molecule has 192 valence electrons. The summed E-state index contributed by atoms with van der Waals surface area (Å²) in [4.78, 5) is 43.4. The Morgan fingerprint density at radius 2 is 1.92 bits per heavy atom. The lowest BCUT2D eigenvalue weighted by molar-refractivity contribution is -0.139. The van der Waals surface area contributed by atoms with Crippen LogP contribution in [0.2, 0.25) is 5.02 Å². The van der Waals surface area contributed by atoms with Crippen molar-refractivity contribution in [3.05, 3.63) is 89.6 Å². The zero-order valence-corrected chi connectivity index (χ0v) is 22.3. The Kier molecular flexibility index (Phi) is 7.94. The molecule has 3 aromatic rings. The van der Waals surface area contributed by atoms with Crippen molar-refractivity contribution in [3.8, 4) is 11.5 Å². The summed E-state index contributed by atoms with van der Waals surface area (Å²) >= 11 is 7.34. The van der Waals surface area contributed by atoms with Crippen molar-refractivity contribution in [1.29, 1.82) is 0 Å². The predicted octanol–water partition coefficient (Wildman–Crippen LogP) is 3.78. The van der Waals surface area contributed by atoms with Gasteiger partial charge in [0.05, 0.1) is 35.1 Å². The number of nitrogens with zero attached hydrogens (tertiary/aromatic N) is 2. The largest absolute Gasteiger partial charge is 0.490 e. The summed E-state index contributed by atoms with van der Waals surface area (Å²) < 4.78 is 18.3. The van der Waals surface area contributed by atoms with Gasteiger partial charge in [0.2, 0.25) is 0 Å². The molecule has 0 unspecified atom stereocenters. The third-order valence-corrected chi connectivity index (χ3v) is 6.72. The van der Waals surface area contributed by atoms with Gasteiger partial charge in [0.25, 0.3) is 5.56 Å². The highest BCUT2D eigenvalue weighted by Crippen LogP contribution is 2.36. The molecule has 0 spiro atoms. The van der Waals surface area contributed by atoms with E-state index >= 15 is 0 Å². The van der Waals surface area contributed by atoms with Crippen LogP contribution >= 0.6 is 22.9 Å². The number of fused-ring (bicyclic) bond motifs is 1. The molecule has 0 N–H and O–H groups in total. The van der Waals surface area contributed by atoms with Gasteiger partial charge >= 0.3 is 11.9 Å². The van der Waals surface area contributed by atoms with Gasteiger partial charge in [-0.2, -0.15) is 0 Å². The highest BCUT2D eigenvalue weighted by atomic mass is 35.5. The average molecular weight is 541 g/mol. The maximum Gasteiger partial charge on any atom is 0.338 e. The van der Waals surface area contributed by atoms with Gasteiger partial charge in [-0.15, -0.1) is 0 Å². The van der Waals surface area contributed by atoms with Crippen LogP contribution < -0.4 is 24.4 Å². The number of esters is 2. The lowest BCUT2D eigenvalue weighted by Crippen LogP contribution is -2.40. The first kappa shape index (κ1) is 26.4. The number of ether oxygens (including phenoxy) is 3. The standard InChI is InChI=1S/C27H25ClN2O6S/c1-5-34-21-14-18(10-11-20(21)36-16(4)31)24-23(26(33)35-6-2)15(3)29-27-30(24)25(32)22(37-27)13-17-8-7-9-19(28)12-17/h7-14,24H,5-6H2,1-4H3/b22-13+/t24-/m0/s1. The van der Waals surface area contributed by atoms with Crippen LogP contribution in [-0.2, 0) is 14.3 Å². The SMILES string of the molecule is CCOC(=O)C1=C(C)N=c2s/c(=C/c3cccc(Cl)c3)c(=O)n2[C@H]1c1ccc(OC(C)=O)c(OCC)c1. The Morgan fingerprint density at radius 3 is 2.59 bits per heavy atom. The minimum atomic E-state index is -0.831. The second kappa shape index (κ2) is 11.1. The highest BCUT2D eigenvalue weighted by molar-refractivity contribution is 7.07. The number of halogens is 1. The van der Waals surface area contributed by atoms with Crippen molar-refractivity contribution in [2.45, 2.75) is 33.7 Å². The zero-order chi connectivity index (χ0) is 26.7. The van der Waals surface area contributed by atoms with E-state index in [0.29, 0.717) is 38.0 Å². The van der Waals surface area contributed by atoms with Crippen molar-refractivity contribution >= 4 is 41.0 Å². The fourth-order valence-corrected chi connectivity index (χ4v) is 5.30. The van der Waals surface area contributed by atoms with Gasteiger partial charge in [-0.1, -0.05) is 41.1 Å². The maximum atomic E-state index is 13.7. The van der Waals surface area contributed by atoms with E-state index in [4.69, 9.17) is 25.8 Å². The lowest BCUT2D eigenvalue weighted by Gasteiger charge is -2.25. The molecule has 0 saturated heterocycles. The molecule has 1 aliphatic rings. The number of aromatic nitrogens is 1. The van der Waals surface area contributed by atoms with Crippen LogP contribution in [0.15, 0.2) is 63.5 Å². The number of benzene rings is 2. The Bertz CT molecular complexity index is 1590. The molecule has 1 aliphatic heterocycles. The number of allylic oxidation sites excluding steroid dienone is 1. The topological polar surface area (TPSA) is 96.2 Å². The molecule has 10 heteroatoms. The first-order chi connectivity index (χ1) is 17.7. The summed E-state index contributed by atoms with van der Waals surface area (Å²) in [6, 6.07) is 11.3. The van der Waals surface area contributed by atoms with Crippen LogP contribution in [-0.4, -0.2) is 29.7 Å². The van der Waals surface area contributed by atoms with Crippen LogP contribution in [0.1, 0.15) is 44.9 Å². The van der Waals surface area contributed by atoms with E-state index in [-0.39, 0.29) is 23.5 Å². The van der Waals surface area contributed by atoms with E-state index in [0.717, 1.165) is 5.56 Å². The number of rotatable bonds is 7. The number of hydrogen-bond donors (Lipinski definition) is 0. The van der Waals surface area contributed by atoms with Gasteiger partial charge in [-0.3, -0.25) is 14.2 Å². The summed E-state index contributed by atoms with van der Waals surface area (Å²) in [6.07, 6.45) is 1.74. The van der Waals surface area contributed by atoms with Crippen LogP contribution in [0.25, 0.3) is 6.08 Å². The van der Waals surface area contributed by atoms with Gasteiger partial charge in [0, 0.05) is 11.9 Å². The van der Waals surface area contributed by atoms with Gasteiger partial charge in [-0.05, 0) is 62.2 Å². The molecule has 0 bridgehead atoms. The average Bonchev–Trinajstić information content (AvgIpc) is 3.13. The molecule has 0 saturated carbocycles. The van der Waals surface area contributed by atoms with Crippen LogP contribution in [0.5, 0.6) is 11.5 Å². The highest BCUT2D eigenvalue weighted by Gasteiger charge is 2.34. The third kappa shape index (κ3) is 5.52. The summed E-state index contributed by atoms with van der Waals surface area (Å²) in [5.74, 6) is -0.510. The van der Waals surface area contributed by atoms with Crippen molar-refractivity contribution in [2.24, 2.45) is 4.99 Å². The molecular weight excluding hydrogens is 516 g/mol. The molecule has 0 amide bonds. The Labute approximate surface area is 222 Å². The predicted molar refractivity (Wildman–Crippen MR) is 141 cm³/mol. The smallest absolute Gasteiger partial charge is 0.338 e. The molecular formula is C27H25ClN2O6S. The fraction of sp³-hybridized carbons (Fsp3) is 0.259. The van der Waals surface area contributed by atoms with Crippen molar-refractivity contribution < 1.29 is 23.8 Å². The van der Waals surface area contributed by atoms with Crippen molar-refractivity contribution in [1.82, 2.24) is 4.57 Å². The molecule has 0 aliphatic carbocycles. The molecule has 8 nitrogen and oxygen atoms in total. The van der Waals surface area contributed by atoms with Crippen LogP contribution in [0.4, 0.5) is 0 Å². The van der Waals surface area contributed by atoms with Crippen LogP contribution in [0, 0.1) is 0 Å². The summed E-state index contributed by atoms with van der Waals surface area (Å²) in [5, 5.41) is 0.552. The number of hydrogen-bond acceptors (Lipinski definition) is 8. The molecule has 2 heterocycles.